The van der Waals surface area contributed by atoms with E-state index in [1.165, 1.54) is 30.3 Å². The number of benzene rings is 1. The minimum absolute atomic E-state index is 0.163. The number of amides is 2. The number of carbonyl (C=O) groups excluding carboxylic acids is 3. The van der Waals surface area contributed by atoms with Crippen molar-refractivity contribution in [2.24, 2.45) is 0 Å². The fourth-order valence-electron chi connectivity index (χ4n) is 1.78. The lowest BCUT2D eigenvalue weighted by Gasteiger charge is -2.06. The van der Waals surface area contributed by atoms with Gasteiger partial charge in [-0.2, -0.15) is 5.26 Å². The lowest BCUT2D eigenvalue weighted by molar-refractivity contribution is -0.119. The molecule has 0 aliphatic carbocycles. The Morgan fingerprint density at radius 2 is 1.92 bits per heavy atom. The maximum Gasteiger partial charge on any atom is 0.338 e. The number of nitriles is 1. The first kappa shape index (κ1) is 17.7. The van der Waals surface area contributed by atoms with Crippen LogP contribution in [0.1, 0.15) is 22.5 Å². The summed E-state index contributed by atoms with van der Waals surface area (Å²) in [5.41, 5.74) is 1.26. The average molecular weight is 342 g/mol. The van der Waals surface area contributed by atoms with Gasteiger partial charge in [-0.25, -0.2) is 4.79 Å². The summed E-state index contributed by atoms with van der Waals surface area (Å²) >= 11 is 0. The molecule has 2 amide bonds. The second-order valence-electron chi connectivity index (χ2n) is 4.92. The van der Waals surface area contributed by atoms with E-state index in [-0.39, 0.29) is 17.9 Å². The number of carbonyl (C=O) groups is 3. The molecule has 1 heterocycles. The van der Waals surface area contributed by atoms with Gasteiger partial charge < -0.3 is 14.6 Å². The number of aryl methyl sites for hydroxylation is 1. The predicted molar refractivity (Wildman–Crippen MR) is 85.5 cm³/mol. The zero-order valence-electron chi connectivity index (χ0n) is 13.2. The van der Waals surface area contributed by atoms with Gasteiger partial charge in [0.2, 0.25) is 11.8 Å². The quantitative estimate of drug-likeness (QED) is 0.762. The van der Waals surface area contributed by atoms with Crippen LogP contribution < -0.4 is 10.6 Å². The van der Waals surface area contributed by atoms with Gasteiger partial charge in [0.05, 0.1) is 17.3 Å². The number of aromatic nitrogens is 1. The Morgan fingerprint density at radius 1 is 1.20 bits per heavy atom. The van der Waals surface area contributed by atoms with Crippen molar-refractivity contribution in [3.8, 4) is 6.07 Å². The summed E-state index contributed by atoms with van der Waals surface area (Å²) in [5, 5.41) is 16.9. The van der Waals surface area contributed by atoms with Gasteiger partial charge >= 0.3 is 5.97 Å². The Kier molecular flexibility index (Phi) is 5.84. The molecule has 2 rings (SSSR count). The lowest BCUT2D eigenvalue weighted by atomic mass is 10.2. The summed E-state index contributed by atoms with van der Waals surface area (Å²) in [4.78, 5) is 34.8. The molecule has 0 fully saturated rings. The van der Waals surface area contributed by atoms with E-state index in [1.807, 2.05) is 0 Å². The van der Waals surface area contributed by atoms with Crippen LogP contribution in [0, 0.1) is 18.3 Å². The number of anilines is 2. The number of hydrogen-bond acceptors (Lipinski definition) is 7. The van der Waals surface area contributed by atoms with Crippen molar-refractivity contribution in [2.45, 2.75) is 13.3 Å². The zero-order chi connectivity index (χ0) is 18.2. The predicted octanol–water partition coefficient (Wildman–Crippen LogP) is 1.63. The van der Waals surface area contributed by atoms with Gasteiger partial charge in [-0.15, -0.1) is 0 Å². The molecule has 0 aliphatic rings. The highest BCUT2D eigenvalue weighted by molar-refractivity contribution is 5.96. The number of hydrogen-bond donors (Lipinski definition) is 2. The van der Waals surface area contributed by atoms with Crippen LogP contribution in [0.5, 0.6) is 0 Å². The third kappa shape index (κ3) is 5.47. The first-order valence-electron chi connectivity index (χ1n) is 7.15. The fraction of sp³-hybridized carbons (Fsp3) is 0.188. The zero-order valence-corrected chi connectivity index (χ0v) is 13.2. The molecule has 1 aromatic heterocycles. The van der Waals surface area contributed by atoms with E-state index in [9.17, 15) is 14.4 Å². The minimum Gasteiger partial charge on any atom is -0.452 e. The van der Waals surface area contributed by atoms with Crippen LogP contribution in [0.4, 0.5) is 11.6 Å². The van der Waals surface area contributed by atoms with E-state index >= 15 is 0 Å². The van der Waals surface area contributed by atoms with Crippen molar-refractivity contribution >= 4 is 29.4 Å². The highest BCUT2D eigenvalue weighted by Gasteiger charge is 2.12. The molecular formula is C16H14N4O5. The van der Waals surface area contributed by atoms with E-state index in [0.29, 0.717) is 11.4 Å². The number of esters is 1. The van der Waals surface area contributed by atoms with Crippen LogP contribution in [-0.2, 0) is 14.3 Å². The van der Waals surface area contributed by atoms with E-state index in [0.717, 1.165) is 0 Å². The molecule has 0 saturated heterocycles. The molecule has 25 heavy (non-hydrogen) atoms. The minimum atomic E-state index is -0.696. The van der Waals surface area contributed by atoms with E-state index in [2.05, 4.69) is 15.8 Å². The maximum absolute atomic E-state index is 11.9. The normalized spacial score (nSPS) is 9.76. The summed E-state index contributed by atoms with van der Waals surface area (Å²) in [5.74, 6) is -1.54. The summed E-state index contributed by atoms with van der Waals surface area (Å²) < 4.78 is 9.70. The second-order valence-corrected chi connectivity index (χ2v) is 4.92. The maximum atomic E-state index is 11.9. The molecule has 2 aromatic rings. The molecule has 0 aliphatic heterocycles. The van der Waals surface area contributed by atoms with Gasteiger partial charge in [0.1, 0.15) is 6.42 Å². The first-order chi connectivity index (χ1) is 12.0. The summed E-state index contributed by atoms with van der Waals surface area (Å²) in [6, 6.07) is 9.10. The fourth-order valence-corrected chi connectivity index (χ4v) is 1.78. The Labute approximate surface area is 142 Å². The summed E-state index contributed by atoms with van der Waals surface area (Å²) in [6.07, 6.45) is -0.260. The molecule has 0 spiro atoms. The van der Waals surface area contributed by atoms with Gasteiger partial charge in [0.15, 0.2) is 6.61 Å². The van der Waals surface area contributed by atoms with Crippen molar-refractivity contribution in [2.75, 3.05) is 17.2 Å². The molecule has 2 N–H and O–H groups in total. The van der Waals surface area contributed by atoms with Crippen LogP contribution in [0.25, 0.3) is 0 Å². The van der Waals surface area contributed by atoms with Crippen LogP contribution in [0.3, 0.4) is 0 Å². The molecule has 0 bridgehead atoms. The summed E-state index contributed by atoms with van der Waals surface area (Å²) in [6.45, 7) is 1.21. The number of rotatable bonds is 6. The third-order valence-electron chi connectivity index (χ3n) is 2.87. The van der Waals surface area contributed by atoms with Crippen molar-refractivity contribution < 1.29 is 23.6 Å². The van der Waals surface area contributed by atoms with Crippen molar-refractivity contribution in [1.29, 1.82) is 5.26 Å². The Balaban J connectivity index is 1.83. The number of ether oxygens (including phenoxy) is 1. The van der Waals surface area contributed by atoms with Gasteiger partial charge in [0.25, 0.3) is 5.91 Å². The smallest absolute Gasteiger partial charge is 0.338 e. The van der Waals surface area contributed by atoms with E-state index in [4.69, 9.17) is 14.5 Å². The van der Waals surface area contributed by atoms with E-state index in [1.54, 1.807) is 13.0 Å². The molecule has 9 nitrogen and oxygen atoms in total. The number of nitrogens with one attached hydrogen (secondary N) is 2. The SMILES string of the molecule is Cc1cc(NC(=O)COC(=O)c2ccc(NC(=O)CC#N)cc2)on1. The molecule has 9 heteroatoms. The second kappa shape index (κ2) is 8.26. The standard InChI is InChI=1S/C16H14N4O5/c1-10-8-15(25-20-10)19-14(22)9-24-16(23)11-2-4-12(5-3-11)18-13(21)6-7-17/h2-5,8H,6,9H2,1H3,(H,18,21)(H,19,22). The number of nitrogens with zero attached hydrogens (tertiary/aromatic N) is 2. The van der Waals surface area contributed by atoms with Crippen LogP contribution in [-0.4, -0.2) is 29.5 Å². The molecule has 128 valence electrons. The van der Waals surface area contributed by atoms with Gasteiger partial charge in [-0.1, -0.05) is 5.16 Å². The Hall–Kier alpha value is -3.67. The van der Waals surface area contributed by atoms with Gasteiger partial charge in [-0.3, -0.25) is 14.9 Å². The van der Waals surface area contributed by atoms with Gasteiger partial charge in [-0.05, 0) is 31.2 Å². The van der Waals surface area contributed by atoms with Crippen molar-refractivity contribution in [1.82, 2.24) is 5.16 Å². The third-order valence-corrected chi connectivity index (χ3v) is 2.87. The van der Waals surface area contributed by atoms with Crippen molar-refractivity contribution in [3.63, 3.8) is 0 Å². The van der Waals surface area contributed by atoms with E-state index < -0.39 is 24.4 Å². The average Bonchev–Trinajstić information content (AvgIpc) is 2.98. The molecule has 0 saturated carbocycles. The van der Waals surface area contributed by atoms with Crippen molar-refractivity contribution in [3.05, 3.63) is 41.6 Å². The molecule has 0 radical (unpaired) electrons. The summed E-state index contributed by atoms with van der Waals surface area (Å²) in [7, 11) is 0. The molecule has 0 unspecified atom stereocenters. The molecule has 1 aromatic carbocycles. The molecule has 0 atom stereocenters. The lowest BCUT2D eigenvalue weighted by Crippen LogP contribution is -2.20. The Bertz CT molecular complexity index is 820. The monoisotopic (exact) mass is 342 g/mol. The largest absolute Gasteiger partial charge is 0.452 e. The Morgan fingerprint density at radius 3 is 2.52 bits per heavy atom. The van der Waals surface area contributed by atoms with Crippen LogP contribution in [0.15, 0.2) is 34.9 Å². The molecular weight excluding hydrogens is 328 g/mol. The first-order valence-corrected chi connectivity index (χ1v) is 7.15. The highest BCUT2D eigenvalue weighted by Crippen LogP contribution is 2.11. The highest BCUT2D eigenvalue weighted by atomic mass is 16.5. The van der Waals surface area contributed by atoms with Crippen LogP contribution >= 0.6 is 0 Å². The topological polar surface area (TPSA) is 134 Å². The van der Waals surface area contributed by atoms with Crippen LogP contribution in [0.2, 0.25) is 0 Å². The van der Waals surface area contributed by atoms with Gasteiger partial charge in [0, 0.05) is 11.8 Å².